The van der Waals surface area contributed by atoms with Crippen LogP contribution < -0.4 is 17.0 Å². The molecule has 1 aliphatic rings. The number of rotatable bonds is 5. The highest BCUT2D eigenvalue weighted by atomic mass is 16.5. The number of nitrogens with zero attached hydrogens (tertiary/aromatic N) is 2. The van der Waals surface area contributed by atoms with Crippen molar-refractivity contribution in [1.82, 2.24) is 5.32 Å². The molecule has 0 atom stereocenters. The number of ether oxygens (including phenoxy) is 1. The molecule has 7 nitrogen and oxygen atoms in total. The zero-order valence-electron chi connectivity index (χ0n) is 15.9. The van der Waals surface area contributed by atoms with E-state index in [4.69, 9.17) is 15.3 Å². The van der Waals surface area contributed by atoms with Gasteiger partial charge in [-0.05, 0) is 34.2 Å². The number of nitrogens with one attached hydrogen (secondary N) is 1. The van der Waals surface area contributed by atoms with E-state index in [0.29, 0.717) is 6.61 Å². The van der Waals surface area contributed by atoms with Gasteiger partial charge in [0, 0.05) is 13.3 Å². The third kappa shape index (κ3) is 6.82. The minimum absolute atomic E-state index is 0.212. The van der Waals surface area contributed by atoms with Crippen LogP contribution in [0.3, 0.4) is 0 Å². The van der Waals surface area contributed by atoms with Crippen molar-refractivity contribution in [2.75, 3.05) is 19.7 Å². The van der Waals surface area contributed by atoms with Gasteiger partial charge in [-0.1, -0.05) is 42.5 Å². The molecule has 0 aliphatic heterocycles. The molecule has 7 heteroatoms. The lowest BCUT2D eigenvalue weighted by atomic mass is 9.99. The SMILES string of the molecule is CC(=O)OCCc1cccc2c1Cc1ccccc1-2.N#CCNCC#N.NN. The number of nitrogens with two attached hydrogens (primary N) is 2. The van der Waals surface area contributed by atoms with E-state index in [9.17, 15) is 4.79 Å². The smallest absolute Gasteiger partial charge is 0.302 e. The minimum atomic E-state index is -0.212. The van der Waals surface area contributed by atoms with Gasteiger partial charge in [0.2, 0.25) is 0 Å². The van der Waals surface area contributed by atoms with E-state index in [0.717, 1.165) is 12.8 Å². The van der Waals surface area contributed by atoms with E-state index in [1.165, 1.54) is 34.7 Å². The van der Waals surface area contributed by atoms with E-state index >= 15 is 0 Å². The van der Waals surface area contributed by atoms with Crippen molar-refractivity contribution in [3.8, 4) is 23.3 Å². The first-order chi connectivity index (χ1) is 13.7. The second-order valence-electron chi connectivity index (χ2n) is 5.79. The molecule has 0 aromatic heterocycles. The zero-order valence-corrected chi connectivity index (χ0v) is 15.9. The van der Waals surface area contributed by atoms with Crippen LogP contribution in [-0.2, 0) is 22.4 Å². The Morgan fingerprint density at radius 2 is 1.71 bits per heavy atom. The zero-order chi connectivity index (χ0) is 20.8. The molecule has 2 aromatic rings. The number of carbonyl (C=O) groups excluding carboxylic acids is 1. The molecule has 0 saturated carbocycles. The average molecular weight is 379 g/mol. The lowest BCUT2D eigenvalue weighted by Crippen LogP contribution is -2.12. The Balaban J connectivity index is 0.000000372. The Labute approximate surface area is 165 Å². The quantitative estimate of drug-likeness (QED) is 0.202. The summed E-state index contributed by atoms with van der Waals surface area (Å²) in [7, 11) is 0. The molecule has 146 valence electrons. The van der Waals surface area contributed by atoms with Crippen LogP contribution in [0.2, 0.25) is 0 Å². The number of hydrazine groups is 1. The lowest BCUT2D eigenvalue weighted by Gasteiger charge is -2.08. The summed E-state index contributed by atoms with van der Waals surface area (Å²) in [5.41, 5.74) is 6.73. The van der Waals surface area contributed by atoms with Gasteiger partial charge < -0.3 is 4.74 Å². The van der Waals surface area contributed by atoms with Gasteiger partial charge in [0.15, 0.2) is 0 Å². The number of hydrogen-bond acceptors (Lipinski definition) is 7. The molecule has 0 bridgehead atoms. The number of benzene rings is 2. The summed E-state index contributed by atoms with van der Waals surface area (Å²) in [6, 6.07) is 18.6. The van der Waals surface area contributed by atoms with Crippen molar-refractivity contribution >= 4 is 5.97 Å². The van der Waals surface area contributed by atoms with Crippen LogP contribution in [0.15, 0.2) is 42.5 Å². The van der Waals surface area contributed by atoms with Crippen LogP contribution in [0, 0.1) is 22.7 Å². The third-order valence-electron chi connectivity index (χ3n) is 4.03. The van der Waals surface area contributed by atoms with E-state index in [2.05, 4.69) is 59.5 Å². The average Bonchev–Trinajstić information content (AvgIpc) is 3.10. The van der Waals surface area contributed by atoms with Gasteiger partial charge in [-0.2, -0.15) is 10.5 Å². The fourth-order valence-corrected chi connectivity index (χ4v) is 2.94. The van der Waals surface area contributed by atoms with E-state index in [1.54, 1.807) is 0 Å². The fraction of sp³-hybridized carbons (Fsp3) is 0.286. The van der Waals surface area contributed by atoms with Crippen molar-refractivity contribution in [3.05, 3.63) is 59.2 Å². The highest BCUT2D eigenvalue weighted by molar-refractivity contribution is 5.77. The van der Waals surface area contributed by atoms with Gasteiger partial charge in [-0.3, -0.25) is 21.8 Å². The molecule has 0 heterocycles. The van der Waals surface area contributed by atoms with E-state index in [-0.39, 0.29) is 19.1 Å². The normalized spacial score (nSPS) is 9.89. The van der Waals surface area contributed by atoms with Gasteiger partial charge in [-0.15, -0.1) is 0 Å². The van der Waals surface area contributed by atoms with Crippen LogP contribution in [0.1, 0.15) is 23.6 Å². The van der Waals surface area contributed by atoms with Gasteiger partial charge in [0.25, 0.3) is 0 Å². The number of carbonyl (C=O) groups is 1. The maximum Gasteiger partial charge on any atom is 0.302 e. The molecule has 2 aromatic carbocycles. The molecule has 3 rings (SSSR count). The summed E-state index contributed by atoms with van der Waals surface area (Å²) in [6.07, 6.45) is 1.78. The van der Waals surface area contributed by atoms with Crippen molar-refractivity contribution in [3.63, 3.8) is 0 Å². The van der Waals surface area contributed by atoms with Gasteiger partial charge >= 0.3 is 5.97 Å². The van der Waals surface area contributed by atoms with Crippen molar-refractivity contribution in [2.24, 2.45) is 11.7 Å². The molecule has 0 saturated heterocycles. The predicted molar refractivity (Wildman–Crippen MR) is 107 cm³/mol. The maximum atomic E-state index is 10.8. The monoisotopic (exact) mass is 379 g/mol. The van der Waals surface area contributed by atoms with Gasteiger partial charge in [0.05, 0.1) is 31.8 Å². The van der Waals surface area contributed by atoms with E-state index in [1.807, 2.05) is 12.1 Å². The van der Waals surface area contributed by atoms with Crippen molar-refractivity contribution < 1.29 is 9.53 Å². The standard InChI is InChI=1S/C17H16O2.C4H5N3.H4N2/c1-12(18)19-10-9-13-6-4-8-16-15-7-3-2-5-14(15)11-17(13)16;5-1-3-7-4-2-6;1-2/h2-8H,9-11H2,1H3;7H,3-4H2;1-2H2. The van der Waals surface area contributed by atoms with Gasteiger partial charge in [0.1, 0.15) is 0 Å². The lowest BCUT2D eigenvalue weighted by molar-refractivity contribution is -0.140. The number of nitriles is 2. The van der Waals surface area contributed by atoms with Crippen LogP contribution in [0.25, 0.3) is 11.1 Å². The largest absolute Gasteiger partial charge is 0.466 e. The predicted octanol–water partition coefficient (Wildman–Crippen LogP) is 1.81. The summed E-state index contributed by atoms with van der Waals surface area (Å²) >= 11 is 0. The second kappa shape index (κ2) is 13.0. The van der Waals surface area contributed by atoms with Gasteiger partial charge in [-0.25, -0.2) is 0 Å². The molecule has 1 aliphatic carbocycles. The van der Waals surface area contributed by atoms with Crippen molar-refractivity contribution in [1.29, 1.82) is 10.5 Å². The van der Waals surface area contributed by atoms with Crippen LogP contribution in [0.4, 0.5) is 0 Å². The minimum Gasteiger partial charge on any atom is -0.466 e. The summed E-state index contributed by atoms with van der Waals surface area (Å²) in [6.45, 7) is 2.43. The maximum absolute atomic E-state index is 10.8. The second-order valence-corrected chi connectivity index (χ2v) is 5.79. The summed E-state index contributed by atoms with van der Waals surface area (Å²) in [5, 5.41) is 18.3. The Morgan fingerprint density at radius 3 is 2.36 bits per heavy atom. The van der Waals surface area contributed by atoms with Crippen LogP contribution >= 0.6 is 0 Å². The summed E-state index contributed by atoms with van der Waals surface area (Å²) < 4.78 is 5.04. The molecule has 0 spiro atoms. The molecular weight excluding hydrogens is 354 g/mol. The summed E-state index contributed by atoms with van der Waals surface area (Å²) in [4.78, 5) is 10.8. The Bertz CT molecular complexity index is 839. The Morgan fingerprint density at radius 1 is 1.07 bits per heavy atom. The molecule has 28 heavy (non-hydrogen) atoms. The van der Waals surface area contributed by atoms with Crippen molar-refractivity contribution in [2.45, 2.75) is 19.8 Å². The molecule has 0 amide bonds. The number of hydrogen-bond donors (Lipinski definition) is 3. The fourth-order valence-electron chi connectivity index (χ4n) is 2.94. The molecular formula is C21H25N5O2. The van der Waals surface area contributed by atoms with Crippen LogP contribution in [0.5, 0.6) is 0 Å². The molecule has 0 unspecified atom stereocenters. The molecule has 0 fully saturated rings. The Kier molecular flexibility index (Phi) is 10.6. The molecule has 5 N–H and O–H groups in total. The number of fused-ring (bicyclic) bond motifs is 3. The third-order valence-corrected chi connectivity index (χ3v) is 4.03. The summed E-state index contributed by atoms with van der Waals surface area (Å²) in [5.74, 6) is 7.79. The number of esters is 1. The first-order valence-electron chi connectivity index (χ1n) is 8.77. The first kappa shape index (κ1) is 22.8. The Hall–Kier alpha value is -3.23. The first-order valence-corrected chi connectivity index (χ1v) is 8.77. The topological polar surface area (TPSA) is 138 Å². The molecule has 0 radical (unpaired) electrons. The van der Waals surface area contributed by atoms with E-state index < -0.39 is 0 Å². The highest BCUT2D eigenvalue weighted by Gasteiger charge is 2.19. The van der Waals surface area contributed by atoms with Crippen LogP contribution in [-0.4, -0.2) is 25.7 Å². The highest BCUT2D eigenvalue weighted by Crippen LogP contribution is 2.38.